The van der Waals surface area contributed by atoms with Gasteiger partial charge in [-0.1, -0.05) is 63.8 Å². The van der Waals surface area contributed by atoms with Gasteiger partial charge >= 0.3 is 0 Å². The van der Waals surface area contributed by atoms with Crippen LogP contribution in [-0.2, 0) is 12.5 Å². The summed E-state index contributed by atoms with van der Waals surface area (Å²) in [6, 6.07) is 22.4. The Balaban J connectivity index is 1.69. The Hall–Kier alpha value is -2.38. The van der Waals surface area contributed by atoms with Gasteiger partial charge in [0.15, 0.2) is 0 Å². The second-order valence-electron chi connectivity index (χ2n) is 11.4. The number of ether oxygens (including phenoxy) is 1. The second-order valence-corrected chi connectivity index (χ2v) is 13.7. The van der Waals surface area contributed by atoms with Crippen LogP contribution < -0.4 is 14.5 Å². The predicted molar refractivity (Wildman–Crippen MR) is 172 cm³/mol. The summed E-state index contributed by atoms with van der Waals surface area (Å²) in [6.07, 6.45) is 6.29. The molecule has 0 spiro atoms. The van der Waals surface area contributed by atoms with Gasteiger partial charge in [-0.05, 0) is 66.4 Å². The van der Waals surface area contributed by atoms with E-state index in [2.05, 4.69) is 41.8 Å². The number of halogens is 1. The first-order chi connectivity index (χ1) is 19.2. The molecule has 1 heterocycles. The zero-order chi connectivity index (χ0) is 28.8. The van der Waals surface area contributed by atoms with Crippen LogP contribution in [0.2, 0.25) is 0 Å². The molecule has 218 valence electrons. The van der Waals surface area contributed by atoms with Crippen LogP contribution in [0.4, 0.5) is 17.1 Å². The molecule has 0 bridgehead atoms. The van der Waals surface area contributed by atoms with Gasteiger partial charge in [0.2, 0.25) is 0 Å². The van der Waals surface area contributed by atoms with Gasteiger partial charge in [0.25, 0.3) is 0 Å². The van der Waals surface area contributed by atoms with Gasteiger partial charge in [-0.2, -0.15) is 10.6 Å². The fourth-order valence-corrected chi connectivity index (χ4v) is 7.97. The van der Waals surface area contributed by atoms with E-state index < -0.39 is 10.6 Å². The molecular formula is C33H45ClN2O3S. The highest BCUT2D eigenvalue weighted by Crippen LogP contribution is 2.61. The Bertz CT molecular complexity index is 1220. The second kappa shape index (κ2) is 13.5. The first-order valence-corrected chi connectivity index (χ1v) is 16.7. The van der Waals surface area contributed by atoms with Crippen molar-refractivity contribution in [3.05, 3.63) is 77.9 Å². The molecule has 0 saturated carbocycles. The number of rotatable bonds is 12. The third-order valence-corrected chi connectivity index (χ3v) is 10.3. The molecule has 0 unspecified atom stereocenters. The van der Waals surface area contributed by atoms with Crippen molar-refractivity contribution in [1.82, 2.24) is 0 Å². The van der Waals surface area contributed by atoms with Gasteiger partial charge in [-0.25, -0.2) is 0 Å². The lowest BCUT2D eigenvalue weighted by Gasteiger charge is -2.42. The molecule has 40 heavy (non-hydrogen) atoms. The van der Waals surface area contributed by atoms with Crippen LogP contribution >= 0.6 is 22.2 Å². The molecule has 1 aliphatic heterocycles. The van der Waals surface area contributed by atoms with Crippen LogP contribution in [-0.4, -0.2) is 35.5 Å². The van der Waals surface area contributed by atoms with Crippen molar-refractivity contribution in [3.8, 4) is 5.75 Å². The largest absolute Gasteiger partial charge is 0.489 e. The molecule has 0 aromatic heterocycles. The van der Waals surface area contributed by atoms with Crippen molar-refractivity contribution in [2.75, 3.05) is 36.2 Å². The lowest BCUT2D eigenvalue weighted by atomic mass is 9.79. The molecule has 0 aliphatic carbocycles. The molecule has 4 rings (SSSR count). The molecule has 0 saturated heterocycles. The van der Waals surface area contributed by atoms with Crippen molar-refractivity contribution in [1.29, 1.82) is 0 Å². The summed E-state index contributed by atoms with van der Waals surface area (Å²) < 4.78 is 29.4. The van der Waals surface area contributed by atoms with Crippen LogP contribution in [0, 0.1) is 5.41 Å². The molecule has 3 aromatic carbocycles. The van der Waals surface area contributed by atoms with Crippen LogP contribution in [0.15, 0.2) is 71.6 Å². The quantitative estimate of drug-likeness (QED) is 0.207. The highest BCUT2D eigenvalue weighted by molar-refractivity contribution is 8.24. The van der Waals surface area contributed by atoms with Crippen LogP contribution in [0.1, 0.15) is 63.5 Å². The van der Waals surface area contributed by atoms with Crippen molar-refractivity contribution in [3.63, 3.8) is 0 Å². The minimum absolute atomic E-state index is 0.188. The number of anilines is 3. The number of hydrogen-bond acceptors (Lipinski definition) is 5. The lowest BCUT2D eigenvalue weighted by Crippen LogP contribution is -2.37. The Morgan fingerprint density at radius 1 is 0.900 bits per heavy atom. The summed E-state index contributed by atoms with van der Waals surface area (Å²) in [7, 11) is 1.06. The van der Waals surface area contributed by atoms with Crippen LogP contribution in [0.5, 0.6) is 5.75 Å². The fraction of sp³-hybridized carbons (Fsp3) is 0.455. The smallest absolute Gasteiger partial charge is 0.119 e. The van der Waals surface area contributed by atoms with Crippen molar-refractivity contribution < 1.29 is 13.8 Å². The Morgan fingerprint density at radius 2 is 1.52 bits per heavy atom. The molecular weight excluding hydrogens is 540 g/mol. The summed E-state index contributed by atoms with van der Waals surface area (Å²) >= 11 is 5.92. The van der Waals surface area contributed by atoms with Gasteiger partial charge in [-0.3, -0.25) is 9.11 Å². The normalized spacial score (nSPS) is 16.6. The highest BCUT2D eigenvalue weighted by Gasteiger charge is 2.42. The molecule has 5 nitrogen and oxygen atoms in total. The zero-order valence-electron chi connectivity index (χ0n) is 24.4. The number of fused-ring (bicyclic) bond motifs is 1. The number of alkyl halides is 1. The number of benzene rings is 3. The van der Waals surface area contributed by atoms with E-state index >= 15 is 0 Å². The maximum Gasteiger partial charge on any atom is 0.119 e. The Morgan fingerprint density at radius 3 is 2.10 bits per heavy atom. The van der Waals surface area contributed by atoms with Gasteiger partial charge in [0.05, 0.1) is 10.6 Å². The standard InChI is InChI=1S/C33H45ClN2O3S/c1-5-7-19-33(20-8-6-2)24-36(31-21-29(35(3)4)15-18-32(31)40(37,38)25-33)28-13-16-30(17-14-28)39-23-27-11-9-26(22-34)10-12-27/h9-18,21,37-38H,5-8,19-20,22-25H2,1-4H3. The fourth-order valence-electron chi connectivity index (χ4n) is 5.62. The summed E-state index contributed by atoms with van der Waals surface area (Å²) in [5.74, 6) is 1.72. The molecule has 0 amide bonds. The zero-order valence-corrected chi connectivity index (χ0v) is 26.0. The van der Waals surface area contributed by atoms with E-state index in [0.29, 0.717) is 23.1 Å². The number of nitrogens with zero attached hydrogens (tertiary/aromatic N) is 2. The van der Waals surface area contributed by atoms with Gasteiger partial charge in [0.1, 0.15) is 12.4 Å². The molecule has 3 aromatic rings. The first kappa shape index (κ1) is 30.6. The molecule has 0 fully saturated rings. The topological polar surface area (TPSA) is 56.2 Å². The minimum Gasteiger partial charge on any atom is -0.489 e. The average molecular weight is 585 g/mol. The van der Waals surface area contributed by atoms with E-state index in [1.807, 2.05) is 62.6 Å². The van der Waals surface area contributed by atoms with E-state index in [9.17, 15) is 9.11 Å². The summed E-state index contributed by atoms with van der Waals surface area (Å²) in [6.45, 7) is 5.66. The van der Waals surface area contributed by atoms with Crippen LogP contribution in [0.25, 0.3) is 0 Å². The van der Waals surface area contributed by atoms with E-state index in [1.165, 1.54) is 0 Å². The van der Waals surface area contributed by atoms with E-state index in [0.717, 1.165) is 79.0 Å². The maximum absolute atomic E-state index is 11.7. The third kappa shape index (κ3) is 7.27. The first-order valence-electron chi connectivity index (χ1n) is 14.4. The monoisotopic (exact) mass is 584 g/mol. The summed E-state index contributed by atoms with van der Waals surface area (Å²) in [5, 5.41) is 0. The summed E-state index contributed by atoms with van der Waals surface area (Å²) in [4.78, 5) is 5.03. The average Bonchev–Trinajstić information content (AvgIpc) is 3.06. The van der Waals surface area contributed by atoms with Crippen LogP contribution in [0.3, 0.4) is 0 Å². The van der Waals surface area contributed by atoms with Crippen molar-refractivity contribution in [2.24, 2.45) is 5.41 Å². The summed E-state index contributed by atoms with van der Waals surface area (Å²) in [5.41, 5.74) is 4.95. The third-order valence-electron chi connectivity index (χ3n) is 7.96. The predicted octanol–water partition coefficient (Wildman–Crippen LogP) is 9.70. The van der Waals surface area contributed by atoms with Crippen molar-refractivity contribution >= 4 is 39.3 Å². The van der Waals surface area contributed by atoms with E-state index in [4.69, 9.17) is 16.3 Å². The molecule has 2 N–H and O–H groups in total. The van der Waals surface area contributed by atoms with E-state index in [1.54, 1.807) is 0 Å². The number of hydrogen-bond donors (Lipinski definition) is 2. The molecule has 1 aliphatic rings. The molecule has 0 atom stereocenters. The van der Waals surface area contributed by atoms with Gasteiger partial charge < -0.3 is 14.5 Å². The number of unbranched alkanes of at least 4 members (excludes halogenated alkanes) is 2. The maximum atomic E-state index is 11.7. The van der Waals surface area contributed by atoms with Gasteiger partial charge in [-0.15, -0.1) is 11.6 Å². The minimum atomic E-state index is -2.98. The lowest BCUT2D eigenvalue weighted by molar-refractivity contribution is 0.264. The van der Waals surface area contributed by atoms with E-state index in [-0.39, 0.29) is 5.41 Å². The molecule has 0 radical (unpaired) electrons. The van der Waals surface area contributed by atoms with Gasteiger partial charge in [0, 0.05) is 49.1 Å². The SMILES string of the molecule is CCCCC1(CCCC)CN(c2ccc(OCc3ccc(CCl)cc3)cc2)c2cc(N(C)C)ccc2S(O)(O)C1. The molecule has 7 heteroatoms. The highest BCUT2D eigenvalue weighted by atomic mass is 35.5. The Labute approximate surface area is 247 Å². The Kier molecular flexibility index (Phi) is 10.3. The van der Waals surface area contributed by atoms with Crippen molar-refractivity contribution in [2.45, 2.75) is 69.8 Å².